The van der Waals surface area contributed by atoms with Crippen LogP contribution in [0.5, 0.6) is 0 Å². The normalized spacial score (nSPS) is 14.9. The van der Waals surface area contributed by atoms with Crippen LogP contribution in [-0.4, -0.2) is 52.8 Å². The number of amides is 3. The molecule has 0 radical (unpaired) electrons. The predicted octanol–water partition coefficient (Wildman–Crippen LogP) is 1.45. The molecular formula is C24H39N5O5. The van der Waals surface area contributed by atoms with E-state index in [1.807, 2.05) is 30.3 Å². The number of nitrogens with one attached hydrogen (secondary N) is 2. The number of aliphatic hydroxyl groups is 1. The van der Waals surface area contributed by atoms with Crippen molar-refractivity contribution in [3.63, 3.8) is 0 Å². The van der Waals surface area contributed by atoms with Gasteiger partial charge in [-0.3, -0.25) is 9.59 Å². The number of ether oxygens (including phenoxy) is 1. The van der Waals surface area contributed by atoms with Crippen LogP contribution in [0.2, 0.25) is 0 Å². The molecule has 0 heterocycles. The molecule has 0 aliphatic carbocycles. The molecular weight excluding hydrogens is 438 g/mol. The molecule has 0 aliphatic rings. The zero-order valence-corrected chi connectivity index (χ0v) is 20.9. The zero-order chi connectivity index (χ0) is 26.1. The third-order valence-corrected chi connectivity index (χ3v) is 4.98. The second kappa shape index (κ2) is 12.9. The maximum absolute atomic E-state index is 12.8. The smallest absolute Gasteiger partial charge is 0.407 e. The average Bonchev–Trinajstić information content (AvgIpc) is 2.69. The molecule has 0 bridgehead atoms. The summed E-state index contributed by atoms with van der Waals surface area (Å²) < 4.78 is 5.33. The number of nitrogens with two attached hydrogens (primary N) is 2. The summed E-state index contributed by atoms with van der Waals surface area (Å²) in [4.78, 5) is 40.9. The van der Waals surface area contributed by atoms with Crippen LogP contribution in [0.3, 0.4) is 0 Å². The molecule has 1 aromatic carbocycles. The minimum Gasteiger partial charge on any atom is -0.444 e. The molecule has 10 heteroatoms. The molecule has 3 unspecified atom stereocenters. The lowest BCUT2D eigenvalue weighted by Crippen LogP contribution is -2.49. The molecule has 0 saturated carbocycles. The Kier molecular flexibility index (Phi) is 11.0. The number of alkyl carbamates (subject to hydrolysis) is 1. The van der Waals surface area contributed by atoms with Gasteiger partial charge >= 0.3 is 6.09 Å². The Morgan fingerprint density at radius 2 is 1.65 bits per heavy atom. The molecule has 190 valence electrons. The fourth-order valence-corrected chi connectivity index (χ4v) is 3.25. The molecule has 4 atom stereocenters. The molecule has 10 nitrogen and oxygen atoms in total. The Labute approximate surface area is 201 Å². The maximum atomic E-state index is 12.8. The summed E-state index contributed by atoms with van der Waals surface area (Å²) in [5, 5.41) is 16.3. The van der Waals surface area contributed by atoms with E-state index < -0.39 is 47.6 Å². The largest absolute Gasteiger partial charge is 0.444 e. The molecule has 0 aromatic heterocycles. The molecule has 0 fully saturated rings. The van der Waals surface area contributed by atoms with Crippen LogP contribution in [0.4, 0.5) is 4.79 Å². The van der Waals surface area contributed by atoms with Gasteiger partial charge in [-0.25, -0.2) is 4.79 Å². The first-order valence-corrected chi connectivity index (χ1v) is 11.3. The van der Waals surface area contributed by atoms with E-state index >= 15 is 0 Å². The van der Waals surface area contributed by atoms with Crippen molar-refractivity contribution < 1.29 is 24.2 Å². The molecule has 1 rings (SSSR count). The van der Waals surface area contributed by atoms with E-state index in [2.05, 4.69) is 15.6 Å². The highest BCUT2D eigenvalue weighted by atomic mass is 16.6. The average molecular weight is 478 g/mol. The van der Waals surface area contributed by atoms with Gasteiger partial charge in [-0.1, -0.05) is 51.1 Å². The Balaban J connectivity index is 2.92. The number of carbonyl (C=O) groups excluding carboxylic acids is 3. The number of benzene rings is 1. The van der Waals surface area contributed by atoms with Crippen molar-refractivity contribution >= 4 is 23.9 Å². The minimum absolute atomic E-state index is 0.0421. The SMILES string of the molecule is CC(CC(O)C(Cc1ccccc1)NC(=O)OC(C)(C)C)C(=O)N[C@@H](C(=O)N=C(N)N)C(C)C. The molecule has 0 saturated heterocycles. The Hall–Kier alpha value is -3.14. The zero-order valence-electron chi connectivity index (χ0n) is 20.9. The topological polar surface area (TPSA) is 169 Å². The van der Waals surface area contributed by atoms with Crippen LogP contribution >= 0.6 is 0 Å². The van der Waals surface area contributed by atoms with E-state index in [-0.39, 0.29) is 18.3 Å². The van der Waals surface area contributed by atoms with Crippen LogP contribution in [0.25, 0.3) is 0 Å². The van der Waals surface area contributed by atoms with Crippen LogP contribution in [0.1, 0.15) is 53.5 Å². The summed E-state index contributed by atoms with van der Waals surface area (Å²) in [7, 11) is 0. The van der Waals surface area contributed by atoms with Gasteiger partial charge < -0.3 is 31.9 Å². The van der Waals surface area contributed by atoms with Crippen molar-refractivity contribution in [3.8, 4) is 0 Å². The highest BCUT2D eigenvalue weighted by Gasteiger charge is 2.30. The van der Waals surface area contributed by atoms with Gasteiger partial charge in [0, 0.05) is 5.92 Å². The van der Waals surface area contributed by atoms with Crippen molar-refractivity contribution in [2.75, 3.05) is 0 Å². The van der Waals surface area contributed by atoms with Crippen LogP contribution in [-0.2, 0) is 20.7 Å². The van der Waals surface area contributed by atoms with Gasteiger partial charge in [-0.2, -0.15) is 4.99 Å². The Bertz CT molecular complexity index is 847. The van der Waals surface area contributed by atoms with Crippen LogP contribution in [0, 0.1) is 11.8 Å². The van der Waals surface area contributed by atoms with Crippen molar-refractivity contribution in [2.24, 2.45) is 28.3 Å². The van der Waals surface area contributed by atoms with E-state index in [0.717, 1.165) is 5.56 Å². The number of carbonyl (C=O) groups is 3. The van der Waals surface area contributed by atoms with Gasteiger partial charge in [0.25, 0.3) is 5.91 Å². The van der Waals surface area contributed by atoms with Crippen LogP contribution in [0.15, 0.2) is 35.3 Å². The first-order chi connectivity index (χ1) is 15.7. The third-order valence-electron chi connectivity index (χ3n) is 4.98. The van der Waals surface area contributed by atoms with E-state index in [0.29, 0.717) is 6.42 Å². The lowest BCUT2D eigenvalue weighted by Gasteiger charge is -2.28. The molecule has 0 aliphatic heterocycles. The summed E-state index contributed by atoms with van der Waals surface area (Å²) in [5.41, 5.74) is 10.8. The fourth-order valence-electron chi connectivity index (χ4n) is 3.25. The van der Waals surface area contributed by atoms with Gasteiger partial charge in [-0.05, 0) is 45.1 Å². The van der Waals surface area contributed by atoms with Gasteiger partial charge in [0.1, 0.15) is 11.6 Å². The van der Waals surface area contributed by atoms with Gasteiger partial charge in [0.15, 0.2) is 5.96 Å². The van der Waals surface area contributed by atoms with E-state index in [4.69, 9.17) is 16.2 Å². The number of guanidine groups is 1. The third kappa shape index (κ3) is 10.7. The summed E-state index contributed by atoms with van der Waals surface area (Å²) in [6.45, 7) is 10.4. The molecule has 3 amide bonds. The molecule has 34 heavy (non-hydrogen) atoms. The van der Waals surface area contributed by atoms with Crippen molar-refractivity contribution in [2.45, 2.75) is 78.2 Å². The monoisotopic (exact) mass is 477 g/mol. The predicted molar refractivity (Wildman–Crippen MR) is 131 cm³/mol. The first kappa shape index (κ1) is 28.9. The quantitative estimate of drug-likeness (QED) is 0.251. The highest BCUT2D eigenvalue weighted by Crippen LogP contribution is 2.16. The lowest BCUT2D eigenvalue weighted by atomic mass is 9.93. The van der Waals surface area contributed by atoms with Gasteiger partial charge in [0.2, 0.25) is 5.91 Å². The second-order valence-electron chi connectivity index (χ2n) is 9.75. The minimum atomic E-state index is -1.06. The fraction of sp³-hybridized carbons (Fsp3) is 0.583. The maximum Gasteiger partial charge on any atom is 0.407 e. The summed E-state index contributed by atoms with van der Waals surface area (Å²) in [6.07, 6.45) is -1.33. The lowest BCUT2D eigenvalue weighted by molar-refractivity contribution is -0.131. The number of nitrogens with zero attached hydrogens (tertiary/aromatic N) is 1. The summed E-state index contributed by atoms with van der Waals surface area (Å²) >= 11 is 0. The van der Waals surface area contributed by atoms with Crippen molar-refractivity contribution in [1.29, 1.82) is 0 Å². The molecule has 0 spiro atoms. The number of aliphatic imine (C=N–C) groups is 1. The van der Waals surface area contributed by atoms with E-state index in [9.17, 15) is 19.5 Å². The van der Waals surface area contributed by atoms with E-state index in [1.54, 1.807) is 41.5 Å². The Morgan fingerprint density at radius 3 is 2.15 bits per heavy atom. The van der Waals surface area contributed by atoms with Crippen LogP contribution < -0.4 is 22.1 Å². The number of rotatable bonds is 10. The highest BCUT2D eigenvalue weighted by molar-refractivity contribution is 5.96. The van der Waals surface area contributed by atoms with Crippen molar-refractivity contribution in [3.05, 3.63) is 35.9 Å². The molecule has 1 aromatic rings. The Morgan fingerprint density at radius 1 is 1.06 bits per heavy atom. The van der Waals surface area contributed by atoms with E-state index in [1.165, 1.54) is 0 Å². The first-order valence-electron chi connectivity index (χ1n) is 11.3. The number of hydrogen-bond donors (Lipinski definition) is 5. The summed E-state index contributed by atoms with van der Waals surface area (Å²) in [5.74, 6) is -2.39. The van der Waals surface area contributed by atoms with Gasteiger partial charge in [-0.15, -0.1) is 0 Å². The second-order valence-corrected chi connectivity index (χ2v) is 9.75. The molecule has 7 N–H and O–H groups in total. The standard InChI is InChI=1S/C24H39N5O5/c1-14(2)19(21(32)29-22(25)26)28-20(31)15(3)12-18(30)17(13-16-10-8-7-9-11-16)27-23(33)34-24(4,5)6/h7-11,14-15,17-19,30H,12-13H2,1-6H3,(H,27,33)(H,28,31)(H4,25,26,29,32)/t15?,17?,18?,19-/m1/s1. The van der Waals surface area contributed by atoms with Gasteiger partial charge in [0.05, 0.1) is 12.1 Å². The number of aliphatic hydroxyl groups excluding tert-OH is 1. The van der Waals surface area contributed by atoms with Crippen molar-refractivity contribution in [1.82, 2.24) is 10.6 Å². The number of hydrogen-bond acceptors (Lipinski definition) is 5. The summed E-state index contributed by atoms with van der Waals surface area (Å²) in [6, 6.07) is 7.76.